The lowest BCUT2D eigenvalue weighted by Gasteiger charge is -2.32. The summed E-state index contributed by atoms with van der Waals surface area (Å²) in [6, 6.07) is 3.74. The number of thioether (sulfide) groups is 1. The third-order valence-corrected chi connectivity index (χ3v) is 4.44. The first-order valence-corrected chi connectivity index (χ1v) is 7.63. The molecule has 1 saturated heterocycles. The van der Waals surface area contributed by atoms with Crippen molar-refractivity contribution >= 4 is 29.6 Å². The van der Waals surface area contributed by atoms with E-state index in [9.17, 15) is 4.79 Å². The van der Waals surface area contributed by atoms with E-state index in [1.54, 1.807) is 12.3 Å². The van der Waals surface area contributed by atoms with E-state index in [-0.39, 0.29) is 0 Å². The van der Waals surface area contributed by atoms with Crippen LogP contribution in [0.15, 0.2) is 24.4 Å². The number of pyridine rings is 1. The fourth-order valence-corrected chi connectivity index (χ4v) is 2.95. The summed E-state index contributed by atoms with van der Waals surface area (Å²) in [6.07, 6.45) is 9.00. The fraction of sp³-hybridized carbons (Fsp3) is 0.429. The predicted octanol–water partition coefficient (Wildman–Crippen LogP) is 2.51. The maximum Gasteiger partial charge on any atom is 0.328 e. The van der Waals surface area contributed by atoms with Crippen LogP contribution in [0.25, 0.3) is 6.08 Å². The summed E-state index contributed by atoms with van der Waals surface area (Å²) in [6.45, 7) is 1.97. The molecule has 0 unspecified atom stereocenters. The molecule has 102 valence electrons. The summed E-state index contributed by atoms with van der Waals surface area (Å²) in [5.74, 6) is -0.0459. The number of rotatable bonds is 4. The standard InChI is InChI=1S/C14H18N2O2S/c1-19-12-6-9-16(10-7-12)14-11(3-2-8-15-14)4-5-13(17)18/h2-5,8,12H,6-7,9-10H2,1H3,(H,17,18)/b5-4+. The molecule has 0 spiro atoms. The number of carbonyl (C=O) groups is 1. The number of hydrogen-bond acceptors (Lipinski definition) is 4. The van der Waals surface area contributed by atoms with Crippen molar-refractivity contribution in [1.82, 2.24) is 4.98 Å². The Morgan fingerprint density at radius 3 is 2.89 bits per heavy atom. The Balaban J connectivity index is 2.14. The van der Waals surface area contributed by atoms with Gasteiger partial charge in [-0.05, 0) is 37.3 Å². The van der Waals surface area contributed by atoms with Gasteiger partial charge in [0, 0.05) is 36.2 Å². The lowest BCUT2D eigenvalue weighted by Crippen LogP contribution is -2.35. The van der Waals surface area contributed by atoms with Gasteiger partial charge in [-0.1, -0.05) is 0 Å². The molecule has 1 aliphatic rings. The summed E-state index contributed by atoms with van der Waals surface area (Å²) in [4.78, 5) is 17.3. The number of piperidine rings is 1. The smallest absolute Gasteiger partial charge is 0.328 e. The second-order valence-electron chi connectivity index (χ2n) is 4.51. The van der Waals surface area contributed by atoms with Crippen LogP contribution in [0.5, 0.6) is 0 Å². The molecule has 1 fully saturated rings. The average molecular weight is 278 g/mol. The average Bonchev–Trinajstić information content (AvgIpc) is 2.45. The lowest BCUT2D eigenvalue weighted by atomic mass is 10.1. The van der Waals surface area contributed by atoms with Crippen molar-refractivity contribution in [1.29, 1.82) is 0 Å². The zero-order valence-electron chi connectivity index (χ0n) is 11.0. The zero-order valence-corrected chi connectivity index (χ0v) is 11.8. The Kier molecular flexibility index (Phi) is 4.85. The van der Waals surface area contributed by atoms with E-state index >= 15 is 0 Å². The van der Waals surface area contributed by atoms with Crippen LogP contribution in [-0.2, 0) is 4.79 Å². The number of aliphatic carboxylic acids is 1. The molecule has 2 rings (SSSR count). The third-order valence-electron chi connectivity index (χ3n) is 3.30. The second-order valence-corrected chi connectivity index (χ2v) is 5.65. The minimum absolute atomic E-state index is 0.734. The summed E-state index contributed by atoms with van der Waals surface area (Å²) < 4.78 is 0. The molecular formula is C14H18N2O2S. The zero-order chi connectivity index (χ0) is 13.7. The maximum absolute atomic E-state index is 10.6. The van der Waals surface area contributed by atoms with E-state index in [1.165, 1.54) is 0 Å². The van der Waals surface area contributed by atoms with Gasteiger partial charge in [0.2, 0.25) is 0 Å². The molecule has 0 amide bonds. The predicted molar refractivity (Wildman–Crippen MR) is 79.7 cm³/mol. The van der Waals surface area contributed by atoms with E-state index in [4.69, 9.17) is 5.11 Å². The van der Waals surface area contributed by atoms with Gasteiger partial charge in [0.05, 0.1) is 0 Å². The van der Waals surface area contributed by atoms with Crippen LogP contribution in [0.3, 0.4) is 0 Å². The molecular weight excluding hydrogens is 260 g/mol. The molecule has 0 aromatic carbocycles. The molecule has 0 atom stereocenters. The number of hydrogen-bond donors (Lipinski definition) is 1. The molecule has 1 aromatic rings. The van der Waals surface area contributed by atoms with Crippen molar-refractivity contribution in [3.8, 4) is 0 Å². The number of carboxylic acids is 1. The summed E-state index contributed by atoms with van der Waals surface area (Å²) in [5, 5.41) is 9.45. The highest BCUT2D eigenvalue weighted by atomic mass is 32.2. The third kappa shape index (κ3) is 3.73. The minimum Gasteiger partial charge on any atom is -0.478 e. The minimum atomic E-state index is -0.934. The monoisotopic (exact) mass is 278 g/mol. The molecule has 5 heteroatoms. The van der Waals surface area contributed by atoms with Gasteiger partial charge in [0.25, 0.3) is 0 Å². The topological polar surface area (TPSA) is 53.4 Å². The van der Waals surface area contributed by atoms with E-state index in [1.807, 2.05) is 23.9 Å². The van der Waals surface area contributed by atoms with Crippen molar-refractivity contribution < 1.29 is 9.90 Å². The SMILES string of the molecule is CSC1CCN(c2ncccc2/C=C/C(=O)O)CC1. The fourth-order valence-electron chi connectivity index (χ4n) is 2.27. The van der Waals surface area contributed by atoms with Crippen LogP contribution in [0, 0.1) is 0 Å². The quantitative estimate of drug-likeness (QED) is 0.858. The first-order valence-electron chi connectivity index (χ1n) is 6.34. The molecule has 0 radical (unpaired) electrons. The van der Waals surface area contributed by atoms with Crippen molar-refractivity contribution in [3.63, 3.8) is 0 Å². The van der Waals surface area contributed by atoms with Crippen LogP contribution in [-0.4, -0.2) is 40.7 Å². The van der Waals surface area contributed by atoms with Crippen molar-refractivity contribution in [2.45, 2.75) is 18.1 Å². The first kappa shape index (κ1) is 13.9. The van der Waals surface area contributed by atoms with Gasteiger partial charge in [-0.15, -0.1) is 0 Å². The molecule has 1 N–H and O–H groups in total. The molecule has 2 heterocycles. The van der Waals surface area contributed by atoms with E-state index < -0.39 is 5.97 Å². The van der Waals surface area contributed by atoms with Crippen LogP contribution in [0.2, 0.25) is 0 Å². The highest BCUT2D eigenvalue weighted by Gasteiger charge is 2.20. The van der Waals surface area contributed by atoms with E-state index in [0.29, 0.717) is 0 Å². The molecule has 1 aromatic heterocycles. The first-order chi connectivity index (χ1) is 9.20. The molecule has 0 saturated carbocycles. The normalized spacial score (nSPS) is 17.0. The van der Waals surface area contributed by atoms with Gasteiger partial charge in [0.1, 0.15) is 5.82 Å². The number of aromatic nitrogens is 1. The second kappa shape index (κ2) is 6.61. The number of carboxylic acid groups (broad SMARTS) is 1. The largest absolute Gasteiger partial charge is 0.478 e. The maximum atomic E-state index is 10.6. The van der Waals surface area contributed by atoms with Crippen LogP contribution < -0.4 is 4.90 Å². The van der Waals surface area contributed by atoms with Gasteiger partial charge in [-0.2, -0.15) is 11.8 Å². The van der Waals surface area contributed by atoms with Gasteiger partial charge in [-0.3, -0.25) is 0 Å². The van der Waals surface area contributed by atoms with Gasteiger partial charge in [0.15, 0.2) is 0 Å². The molecule has 4 nitrogen and oxygen atoms in total. The number of nitrogens with zero attached hydrogens (tertiary/aromatic N) is 2. The number of anilines is 1. The summed E-state index contributed by atoms with van der Waals surface area (Å²) >= 11 is 1.92. The summed E-state index contributed by atoms with van der Waals surface area (Å²) in [5.41, 5.74) is 0.868. The van der Waals surface area contributed by atoms with E-state index in [0.717, 1.165) is 48.6 Å². The van der Waals surface area contributed by atoms with Crippen molar-refractivity contribution in [2.75, 3.05) is 24.2 Å². The lowest BCUT2D eigenvalue weighted by molar-refractivity contribution is -0.131. The van der Waals surface area contributed by atoms with Crippen LogP contribution in [0.1, 0.15) is 18.4 Å². The Morgan fingerprint density at radius 1 is 1.53 bits per heavy atom. The van der Waals surface area contributed by atoms with Crippen molar-refractivity contribution in [2.24, 2.45) is 0 Å². The summed E-state index contributed by atoms with van der Waals surface area (Å²) in [7, 11) is 0. The Labute approximate surface area is 117 Å². The molecule has 0 aliphatic carbocycles. The Bertz CT molecular complexity index is 468. The highest BCUT2D eigenvalue weighted by Crippen LogP contribution is 2.26. The molecule has 19 heavy (non-hydrogen) atoms. The van der Waals surface area contributed by atoms with Crippen LogP contribution >= 0.6 is 11.8 Å². The van der Waals surface area contributed by atoms with Crippen LogP contribution in [0.4, 0.5) is 5.82 Å². The molecule has 0 bridgehead atoms. The van der Waals surface area contributed by atoms with Gasteiger partial charge in [-0.25, -0.2) is 9.78 Å². The van der Waals surface area contributed by atoms with Gasteiger partial charge < -0.3 is 10.0 Å². The Hall–Kier alpha value is -1.49. The van der Waals surface area contributed by atoms with Crippen molar-refractivity contribution in [3.05, 3.63) is 30.0 Å². The highest BCUT2D eigenvalue weighted by molar-refractivity contribution is 7.99. The van der Waals surface area contributed by atoms with E-state index in [2.05, 4.69) is 16.1 Å². The Morgan fingerprint density at radius 2 is 2.26 bits per heavy atom. The van der Waals surface area contributed by atoms with Gasteiger partial charge >= 0.3 is 5.97 Å². The molecule has 1 aliphatic heterocycles.